The lowest BCUT2D eigenvalue weighted by Gasteiger charge is -2.29. The van der Waals surface area contributed by atoms with E-state index in [1.807, 2.05) is 13.8 Å². The van der Waals surface area contributed by atoms with Gasteiger partial charge in [0.15, 0.2) is 0 Å². The van der Waals surface area contributed by atoms with Gasteiger partial charge in [-0.25, -0.2) is 0 Å². The number of carbonyl (C=O) groups is 2. The first-order valence-electron chi connectivity index (χ1n) is 5.60. The molecule has 1 fully saturated rings. The van der Waals surface area contributed by atoms with Crippen LogP contribution in [0.3, 0.4) is 0 Å². The van der Waals surface area contributed by atoms with Gasteiger partial charge in [0.2, 0.25) is 0 Å². The molecule has 4 heteroatoms. The molecule has 1 rings (SSSR count). The molecule has 15 heavy (non-hydrogen) atoms. The molecule has 0 bridgehead atoms. The molecule has 0 saturated carbocycles. The van der Waals surface area contributed by atoms with Gasteiger partial charge in [0.05, 0.1) is 0 Å². The summed E-state index contributed by atoms with van der Waals surface area (Å²) in [6.07, 6.45) is 3.20. The van der Waals surface area contributed by atoms with Crippen molar-refractivity contribution in [3.05, 3.63) is 0 Å². The normalized spacial score (nSPS) is 16.7. The number of amides is 2. The zero-order valence-electron chi connectivity index (χ0n) is 9.82. The van der Waals surface area contributed by atoms with E-state index in [1.165, 1.54) is 4.90 Å². The lowest BCUT2D eigenvalue weighted by atomic mass is 10.1. The summed E-state index contributed by atoms with van der Waals surface area (Å²) < 4.78 is 0. The molecule has 1 saturated heterocycles. The Bertz CT molecular complexity index is 245. The summed E-state index contributed by atoms with van der Waals surface area (Å²) in [6, 6.07) is 0.0752. The van der Waals surface area contributed by atoms with E-state index < -0.39 is 0 Å². The summed E-state index contributed by atoms with van der Waals surface area (Å²) in [5.41, 5.74) is 0. The summed E-state index contributed by atoms with van der Waals surface area (Å²) in [4.78, 5) is 26.7. The third-order valence-electron chi connectivity index (χ3n) is 2.92. The van der Waals surface area contributed by atoms with Crippen molar-refractivity contribution in [2.24, 2.45) is 0 Å². The van der Waals surface area contributed by atoms with Gasteiger partial charge in [-0.05, 0) is 33.1 Å². The van der Waals surface area contributed by atoms with Crippen molar-refractivity contribution in [2.45, 2.75) is 39.2 Å². The van der Waals surface area contributed by atoms with Crippen molar-refractivity contribution >= 4 is 11.8 Å². The quantitative estimate of drug-likeness (QED) is 0.605. The largest absolute Gasteiger partial charge is 0.335 e. The van der Waals surface area contributed by atoms with Crippen LogP contribution in [-0.4, -0.2) is 47.8 Å². The molecule has 0 unspecified atom stereocenters. The zero-order valence-corrected chi connectivity index (χ0v) is 9.82. The molecule has 0 spiro atoms. The Morgan fingerprint density at radius 1 is 1.13 bits per heavy atom. The third kappa shape index (κ3) is 2.94. The minimum Gasteiger partial charge on any atom is -0.335 e. The molecule has 0 radical (unpaired) electrons. The number of carbonyl (C=O) groups excluding carboxylic acids is 2. The molecule has 0 aromatic rings. The molecule has 0 aromatic heterocycles. The highest BCUT2D eigenvalue weighted by molar-refractivity contribution is 6.34. The first kappa shape index (κ1) is 12.0. The highest BCUT2D eigenvalue weighted by Crippen LogP contribution is 2.10. The van der Waals surface area contributed by atoms with Crippen LogP contribution >= 0.6 is 0 Å². The molecule has 4 nitrogen and oxygen atoms in total. The lowest BCUT2D eigenvalue weighted by Crippen LogP contribution is -2.47. The number of likely N-dealkylation sites (N-methyl/N-ethyl adjacent to an activating group) is 1. The Balaban J connectivity index is 2.55. The van der Waals surface area contributed by atoms with Gasteiger partial charge in [0.25, 0.3) is 0 Å². The van der Waals surface area contributed by atoms with Crippen molar-refractivity contribution in [3.63, 3.8) is 0 Å². The van der Waals surface area contributed by atoms with E-state index in [9.17, 15) is 9.59 Å². The Morgan fingerprint density at radius 3 is 2.13 bits per heavy atom. The number of hydrogen-bond acceptors (Lipinski definition) is 2. The Morgan fingerprint density at radius 2 is 1.67 bits per heavy atom. The van der Waals surface area contributed by atoms with Crippen molar-refractivity contribution < 1.29 is 9.59 Å². The molecular weight excluding hydrogens is 192 g/mol. The molecular formula is C11H20N2O2. The topological polar surface area (TPSA) is 40.6 Å². The van der Waals surface area contributed by atoms with Gasteiger partial charge in [-0.3, -0.25) is 9.59 Å². The number of piperidine rings is 1. The van der Waals surface area contributed by atoms with E-state index in [4.69, 9.17) is 0 Å². The summed E-state index contributed by atoms with van der Waals surface area (Å²) in [6.45, 7) is 5.27. The van der Waals surface area contributed by atoms with E-state index in [0.29, 0.717) is 0 Å². The van der Waals surface area contributed by atoms with E-state index in [0.717, 1.165) is 32.4 Å². The van der Waals surface area contributed by atoms with Crippen LogP contribution in [0.1, 0.15) is 33.1 Å². The highest BCUT2D eigenvalue weighted by atomic mass is 16.2. The summed E-state index contributed by atoms with van der Waals surface area (Å²) in [5.74, 6) is -0.724. The number of rotatable bonds is 1. The fraction of sp³-hybridized carbons (Fsp3) is 0.818. The number of likely N-dealkylation sites (tertiary alicyclic amines) is 1. The molecule has 1 aliphatic rings. The molecule has 0 aliphatic carbocycles. The van der Waals surface area contributed by atoms with Gasteiger partial charge in [-0.15, -0.1) is 0 Å². The van der Waals surface area contributed by atoms with Crippen molar-refractivity contribution in [1.29, 1.82) is 0 Å². The Kier molecular flexibility index (Phi) is 4.12. The van der Waals surface area contributed by atoms with Crippen LogP contribution in [0.25, 0.3) is 0 Å². The molecule has 1 aliphatic heterocycles. The van der Waals surface area contributed by atoms with Crippen LogP contribution in [0.2, 0.25) is 0 Å². The zero-order chi connectivity index (χ0) is 11.4. The molecule has 0 atom stereocenters. The summed E-state index contributed by atoms with van der Waals surface area (Å²) in [7, 11) is 1.68. The van der Waals surface area contributed by atoms with Gasteiger partial charge in [-0.1, -0.05) is 0 Å². The Labute approximate surface area is 91.2 Å². The van der Waals surface area contributed by atoms with Crippen LogP contribution in [-0.2, 0) is 9.59 Å². The van der Waals surface area contributed by atoms with E-state index in [1.54, 1.807) is 11.9 Å². The van der Waals surface area contributed by atoms with Crippen molar-refractivity contribution in [3.8, 4) is 0 Å². The van der Waals surface area contributed by atoms with Crippen LogP contribution in [0.15, 0.2) is 0 Å². The fourth-order valence-electron chi connectivity index (χ4n) is 1.62. The maximum absolute atomic E-state index is 11.8. The van der Waals surface area contributed by atoms with E-state index in [2.05, 4.69) is 0 Å². The van der Waals surface area contributed by atoms with Crippen molar-refractivity contribution in [2.75, 3.05) is 20.1 Å². The minimum atomic E-state index is -0.382. The molecule has 2 amide bonds. The highest BCUT2D eigenvalue weighted by Gasteiger charge is 2.26. The van der Waals surface area contributed by atoms with E-state index in [-0.39, 0.29) is 17.9 Å². The van der Waals surface area contributed by atoms with Gasteiger partial charge in [0, 0.05) is 26.2 Å². The second kappa shape index (κ2) is 5.14. The van der Waals surface area contributed by atoms with Gasteiger partial charge in [-0.2, -0.15) is 0 Å². The predicted octanol–water partition coefficient (Wildman–Crippen LogP) is 0.866. The van der Waals surface area contributed by atoms with Crippen LogP contribution in [0, 0.1) is 0 Å². The number of nitrogens with zero attached hydrogens (tertiary/aromatic N) is 2. The molecule has 86 valence electrons. The maximum Gasteiger partial charge on any atom is 0.312 e. The average molecular weight is 212 g/mol. The summed E-state index contributed by atoms with van der Waals surface area (Å²) >= 11 is 0. The van der Waals surface area contributed by atoms with Gasteiger partial charge >= 0.3 is 11.8 Å². The van der Waals surface area contributed by atoms with Crippen LogP contribution in [0.5, 0.6) is 0 Å². The molecule has 0 N–H and O–H groups in total. The monoisotopic (exact) mass is 212 g/mol. The van der Waals surface area contributed by atoms with Crippen LogP contribution < -0.4 is 0 Å². The van der Waals surface area contributed by atoms with Gasteiger partial charge in [0.1, 0.15) is 0 Å². The van der Waals surface area contributed by atoms with Crippen LogP contribution in [0.4, 0.5) is 0 Å². The average Bonchev–Trinajstić information content (AvgIpc) is 2.27. The minimum absolute atomic E-state index is 0.0752. The maximum atomic E-state index is 11.8. The second-order valence-electron chi connectivity index (χ2n) is 4.36. The SMILES string of the molecule is CC(C)N(C)C(=O)C(=O)N1CCCCC1. The first-order valence-corrected chi connectivity index (χ1v) is 5.60. The number of hydrogen-bond donors (Lipinski definition) is 0. The lowest BCUT2D eigenvalue weighted by molar-refractivity contribution is -0.152. The second-order valence-corrected chi connectivity index (χ2v) is 4.36. The molecule has 0 aromatic carbocycles. The Hall–Kier alpha value is -1.06. The predicted molar refractivity (Wildman–Crippen MR) is 58.3 cm³/mol. The molecule has 1 heterocycles. The van der Waals surface area contributed by atoms with E-state index >= 15 is 0 Å². The first-order chi connectivity index (χ1) is 7.04. The fourth-order valence-corrected chi connectivity index (χ4v) is 1.62. The van der Waals surface area contributed by atoms with Crippen molar-refractivity contribution in [1.82, 2.24) is 9.80 Å². The summed E-state index contributed by atoms with van der Waals surface area (Å²) in [5, 5.41) is 0. The van der Waals surface area contributed by atoms with Gasteiger partial charge < -0.3 is 9.80 Å². The standard InChI is InChI=1S/C11H20N2O2/c1-9(2)12(3)10(14)11(15)13-7-5-4-6-8-13/h9H,4-8H2,1-3H3. The smallest absolute Gasteiger partial charge is 0.312 e. The third-order valence-corrected chi connectivity index (χ3v) is 2.92.